The average Bonchev–Trinajstić information content (AvgIpc) is 3.53. The average molecular weight is 458 g/mol. The number of H-pyrrole nitrogens is 1. The van der Waals surface area contributed by atoms with Gasteiger partial charge >= 0.3 is 5.69 Å². The number of hydrogen-bond acceptors (Lipinski definition) is 5. The second-order valence-electron chi connectivity index (χ2n) is 6.69. The zero-order valence-electron chi connectivity index (χ0n) is 15.1. The number of aromatic nitrogens is 3. The van der Waals surface area contributed by atoms with E-state index in [0.29, 0.717) is 5.69 Å². The van der Waals surface area contributed by atoms with Crippen LogP contribution in [0.15, 0.2) is 50.6 Å². The summed E-state index contributed by atoms with van der Waals surface area (Å²) in [5, 5.41) is 5.32. The van der Waals surface area contributed by atoms with Gasteiger partial charge in [0.25, 0.3) is 11.5 Å². The number of anilines is 1. The van der Waals surface area contributed by atoms with E-state index >= 15 is 0 Å². The van der Waals surface area contributed by atoms with E-state index < -0.39 is 23.1 Å². The highest BCUT2D eigenvalue weighted by molar-refractivity contribution is 9.10. The number of benzene rings is 1. The van der Waals surface area contributed by atoms with Crippen molar-refractivity contribution in [2.75, 3.05) is 11.9 Å². The molecule has 148 valence electrons. The lowest BCUT2D eigenvalue weighted by Crippen LogP contribution is -2.33. The van der Waals surface area contributed by atoms with E-state index in [1.54, 1.807) is 24.3 Å². The number of amides is 2. The highest BCUT2D eigenvalue weighted by Gasteiger charge is 2.27. The summed E-state index contributed by atoms with van der Waals surface area (Å²) in [4.78, 5) is 55.0. The zero-order valence-corrected chi connectivity index (χ0v) is 16.7. The quantitative estimate of drug-likeness (QED) is 0.535. The van der Waals surface area contributed by atoms with E-state index in [-0.39, 0.29) is 29.2 Å². The van der Waals surface area contributed by atoms with Crippen LogP contribution < -0.4 is 21.9 Å². The van der Waals surface area contributed by atoms with Crippen molar-refractivity contribution in [3.05, 3.63) is 67.4 Å². The van der Waals surface area contributed by atoms with Crippen LogP contribution in [0.4, 0.5) is 5.69 Å². The predicted octanol–water partition coefficient (Wildman–Crippen LogP) is 1.55. The van der Waals surface area contributed by atoms with Crippen molar-refractivity contribution >= 4 is 44.5 Å². The molecule has 0 spiro atoms. The Morgan fingerprint density at radius 1 is 1.21 bits per heavy atom. The number of pyridine rings is 1. The minimum Gasteiger partial charge on any atom is -0.343 e. The molecule has 0 saturated heterocycles. The molecule has 0 atom stereocenters. The number of nitrogens with zero attached hydrogens (tertiary/aromatic N) is 2. The van der Waals surface area contributed by atoms with Crippen molar-refractivity contribution in [1.82, 2.24) is 19.9 Å². The minimum atomic E-state index is -0.600. The molecule has 29 heavy (non-hydrogen) atoms. The number of halogens is 1. The number of hydrogen-bond donors (Lipinski definition) is 3. The SMILES string of the molecule is O=C(CNC(=O)c1cnc2c(c1)c(=O)[nH]c(=O)n2C1CC1)Nc1ccc(Br)cc1. The van der Waals surface area contributed by atoms with Gasteiger partial charge in [0, 0.05) is 22.4 Å². The van der Waals surface area contributed by atoms with Gasteiger partial charge in [-0.2, -0.15) is 0 Å². The zero-order chi connectivity index (χ0) is 20.5. The molecule has 1 aliphatic rings. The molecule has 2 aromatic heterocycles. The van der Waals surface area contributed by atoms with E-state index in [4.69, 9.17) is 0 Å². The summed E-state index contributed by atoms with van der Waals surface area (Å²) < 4.78 is 2.33. The highest BCUT2D eigenvalue weighted by Crippen LogP contribution is 2.34. The van der Waals surface area contributed by atoms with Crippen molar-refractivity contribution in [3.8, 4) is 0 Å². The molecule has 1 aliphatic carbocycles. The van der Waals surface area contributed by atoms with Crippen LogP contribution in [-0.2, 0) is 4.79 Å². The monoisotopic (exact) mass is 457 g/mol. The van der Waals surface area contributed by atoms with Crippen LogP contribution in [0.1, 0.15) is 29.2 Å². The van der Waals surface area contributed by atoms with Crippen LogP contribution in [0.5, 0.6) is 0 Å². The first-order valence-electron chi connectivity index (χ1n) is 8.90. The maximum atomic E-state index is 12.4. The molecular formula is C19H16BrN5O4. The summed E-state index contributed by atoms with van der Waals surface area (Å²) >= 11 is 3.31. The molecule has 1 fully saturated rings. The molecule has 1 aromatic carbocycles. The van der Waals surface area contributed by atoms with Crippen LogP contribution in [0, 0.1) is 0 Å². The van der Waals surface area contributed by atoms with Gasteiger partial charge < -0.3 is 10.6 Å². The Kier molecular flexibility index (Phi) is 5.01. The van der Waals surface area contributed by atoms with E-state index in [0.717, 1.165) is 17.3 Å². The molecule has 1 saturated carbocycles. The lowest BCUT2D eigenvalue weighted by molar-refractivity contribution is -0.115. The number of nitrogens with one attached hydrogen (secondary N) is 3. The lowest BCUT2D eigenvalue weighted by atomic mass is 10.2. The van der Waals surface area contributed by atoms with Crippen LogP contribution in [0.25, 0.3) is 11.0 Å². The maximum Gasteiger partial charge on any atom is 0.330 e. The number of carbonyl (C=O) groups is 2. The number of rotatable bonds is 5. The molecule has 0 bridgehead atoms. The van der Waals surface area contributed by atoms with Gasteiger partial charge in [-0.1, -0.05) is 15.9 Å². The molecule has 9 nitrogen and oxygen atoms in total. The Hall–Kier alpha value is -3.27. The van der Waals surface area contributed by atoms with Crippen molar-refractivity contribution in [3.63, 3.8) is 0 Å². The van der Waals surface area contributed by atoms with Crippen LogP contribution in [-0.4, -0.2) is 32.9 Å². The molecule has 0 radical (unpaired) electrons. The smallest absolute Gasteiger partial charge is 0.330 e. The van der Waals surface area contributed by atoms with Gasteiger partial charge in [0.05, 0.1) is 17.5 Å². The Balaban J connectivity index is 1.48. The van der Waals surface area contributed by atoms with Gasteiger partial charge in [-0.05, 0) is 43.2 Å². The molecule has 3 aromatic rings. The molecule has 10 heteroatoms. The summed E-state index contributed by atoms with van der Waals surface area (Å²) in [7, 11) is 0. The third-order valence-electron chi connectivity index (χ3n) is 4.49. The minimum absolute atomic E-state index is 0.0244. The fourth-order valence-corrected chi connectivity index (χ4v) is 3.20. The standard InChI is InChI=1S/C19H16BrN5O4/c20-11-1-3-12(4-2-11)23-15(26)9-22-17(27)10-7-14-16(21-8-10)25(13-5-6-13)19(29)24-18(14)28/h1-4,7-8,13H,5-6,9H2,(H,22,27)(H,23,26)(H,24,28,29). The Morgan fingerprint density at radius 2 is 1.93 bits per heavy atom. The number of carbonyl (C=O) groups excluding carboxylic acids is 2. The molecule has 0 unspecified atom stereocenters. The van der Waals surface area contributed by atoms with Crippen molar-refractivity contribution < 1.29 is 9.59 Å². The maximum absolute atomic E-state index is 12.4. The van der Waals surface area contributed by atoms with Gasteiger partial charge in [-0.15, -0.1) is 0 Å². The Labute approximate surface area is 172 Å². The van der Waals surface area contributed by atoms with Gasteiger partial charge in [0.2, 0.25) is 5.91 Å². The first-order chi connectivity index (χ1) is 13.9. The first-order valence-corrected chi connectivity index (χ1v) is 9.70. The molecular weight excluding hydrogens is 442 g/mol. The summed E-state index contributed by atoms with van der Waals surface area (Å²) in [6.45, 7) is -0.245. The Bertz CT molecular complexity index is 1230. The van der Waals surface area contributed by atoms with E-state index in [1.165, 1.54) is 16.8 Å². The van der Waals surface area contributed by atoms with Crippen molar-refractivity contribution in [2.24, 2.45) is 0 Å². The second kappa shape index (κ2) is 7.63. The number of fused-ring (bicyclic) bond motifs is 1. The fraction of sp³-hybridized carbons (Fsp3) is 0.211. The van der Waals surface area contributed by atoms with Crippen molar-refractivity contribution in [1.29, 1.82) is 0 Å². The van der Waals surface area contributed by atoms with Crippen LogP contribution in [0.2, 0.25) is 0 Å². The lowest BCUT2D eigenvalue weighted by Gasteiger charge is -2.09. The fourth-order valence-electron chi connectivity index (χ4n) is 2.93. The molecule has 2 heterocycles. The third-order valence-corrected chi connectivity index (χ3v) is 5.02. The molecule has 4 rings (SSSR count). The second-order valence-corrected chi connectivity index (χ2v) is 7.61. The molecule has 0 aliphatic heterocycles. The first kappa shape index (κ1) is 19.1. The van der Waals surface area contributed by atoms with Crippen LogP contribution >= 0.6 is 15.9 Å². The molecule has 3 N–H and O–H groups in total. The number of aromatic amines is 1. The predicted molar refractivity (Wildman–Crippen MR) is 110 cm³/mol. The van der Waals surface area contributed by atoms with Crippen molar-refractivity contribution in [2.45, 2.75) is 18.9 Å². The highest BCUT2D eigenvalue weighted by atomic mass is 79.9. The van der Waals surface area contributed by atoms with E-state index in [2.05, 4.69) is 36.5 Å². The summed E-state index contributed by atoms with van der Waals surface area (Å²) in [6, 6.07) is 8.42. The van der Waals surface area contributed by atoms with Crippen LogP contribution in [0.3, 0.4) is 0 Å². The van der Waals surface area contributed by atoms with Gasteiger partial charge in [-0.25, -0.2) is 9.78 Å². The Morgan fingerprint density at radius 3 is 2.62 bits per heavy atom. The molecule has 2 amide bonds. The largest absolute Gasteiger partial charge is 0.343 e. The summed E-state index contributed by atoms with van der Waals surface area (Å²) in [5.41, 5.74) is -0.119. The van der Waals surface area contributed by atoms with Gasteiger partial charge in [-0.3, -0.25) is 23.9 Å². The summed E-state index contributed by atoms with van der Waals surface area (Å²) in [6.07, 6.45) is 2.99. The van der Waals surface area contributed by atoms with Gasteiger partial charge in [0.15, 0.2) is 0 Å². The summed E-state index contributed by atoms with van der Waals surface area (Å²) in [5.74, 6) is -0.941. The normalized spacial score (nSPS) is 13.3. The van der Waals surface area contributed by atoms with Gasteiger partial charge in [0.1, 0.15) is 5.65 Å². The van der Waals surface area contributed by atoms with E-state index in [1.807, 2.05) is 0 Å². The topological polar surface area (TPSA) is 126 Å². The van der Waals surface area contributed by atoms with E-state index in [9.17, 15) is 19.2 Å². The third kappa shape index (κ3) is 4.11.